The van der Waals surface area contributed by atoms with Crippen molar-refractivity contribution in [3.05, 3.63) is 0 Å². The van der Waals surface area contributed by atoms with E-state index in [0.29, 0.717) is 29.3 Å². The topological polar surface area (TPSA) is 81.7 Å². The maximum Gasteiger partial charge on any atom is 0.222 e. The molecule has 0 aromatic carbocycles. The number of carbonyl (C=O) groups excluding carboxylic acids is 2. The molecule has 1 amide bonds. The van der Waals surface area contributed by atoms with Gasteiger partial charge in [-0.3, -0.25) is 9.59 Å². The van der Waals surface area contributed by atoms with Crippen molar-refractivity contribution in [3.8, 4) is 0 Å². The zero-order valence-electron chi connectivity index (χ0n) is 31.5. The van der Waals surface area contributed by atoms with Gasteiger partial charge in [-0.05, 0) is 92.9 Å². The molecule has 0 aliphatic heterocycles. The minimum Gasteiger partial charge on any atom is -0.393 e. The first-order valence-corrected chi connectivity index (χ1v) is 25.5. The number of nitrogens with one attached hydrogen (secondary N) is 2. The lowest BCUT2D eigenvalue weighted by molar-refractivity contribution is -0.171. The second kappa shape index (κ2) is 11.0. The van der Waals surface area contributed by atoms with Crippen LogP contribution in [0.3, 0.4) is 0 Å². The summed E-state index contributed by atoms with van der Waals surface area (Å²) in [5.74, 6) is 1.46. The molecule has 5 aliphatic rings. The Bertz CT molecular complexity index is 1180. The SMILES string of the molecule is CC(C)C(=O)N[C@H]1CCC23C[C@]24C(=O)C[C@]2(C)[C@@H]([C@H](C)N(C)C)[C@H](O)C[C@@]2(C)[C@@H]4CC[C@H]3[C@]1(C)CNC([Si](C)(C)C)[Si](C)(C)C. The average Bonchev–Trinajstić information content (AvgIpc) is 3.52. The summed E-state index contributed by atoms with van der Waals surface area (Å²) in [5, 5.41) is 20.1. The Labute approximate surface area is 278 Å². The highest BCUT2D eigenvalue weighted by molar-refractivity contribution is 6.96. The van der Waals surface area contributed by atoms with Gasteiger partial charge in [0.25, 0.3) is 0 Å². The van der Waals surface area contributed by atoms with Crippen molar-refractivity contribution in [3.63, 3.8) is 0 Å². The first-order chi connectivity index (χ1) is 20.4. The van der Waals surface area contributed by atoms with Gasteiger partial charge in [0.1, 0.15) is 5.78 Å². The van der Waals surface area contributed by atoms with E-state index in [1.807, 2.05) is 13.8 Å². The van der Waals surface area contributed by atoms with Gasteiger partial charge < -0.3 is 20.6 Å². The predicted octanol–water partition coefficient (Wildman–Crippen LogP) is 6.36. The van der Waals surface area contributed by atoms with Crippen LogP contribution in [0.4, 0.5) is 0 Å². The van der Waals surface area contributed by atoms with E-state index in [4.69, 9.17) is 0 Å². The molecule has 5 saturated carbocycles. The van der Waals surface area contributed by atoms with E-state index in [0.717, 1.165) is 45.1 Å². The number of hydrogen-bond donors (Lipinski definition) is 3. The number of fused-ring (bicyclic) bond motifs is 2. The molecule has 2 spiro atoms. The Morgan fingerprint density at radius 3 is 2.07 bits per heavy atom. The Balaban J connectivity index is 1.53. The fraction of sp³-hybridized carbons (Fsp3) is 0.946. The summed E-state index contributed by atoms with van der Waals surface area (Å²) in [5.41, 5.74) is -0.604. The highest BCUT2D eigenvalue weighted by Gasteiger charge is 2.86. The van der Waals surface area contributed by atoms with Crippen LogP contribution in [-0.2, 0) is 9.59 Å². The molecule has 5 fully saturated rings. The van der Waals surface area contributed by atoms with Crippen LogP contribution in [-0.4, -0.2) is 82.0 Å². The Morgan fingerprint density at radius 2 is 1.53 bits per heavy atom. The fourth-order valence-electron chi connectivity index (χ4n) is 13.2. The zero-order valence-corrected chi connectivity index (χ0v) is 33.5. The number of amides is 1. The van der Waals surface area contributed by atoms with Crippen molar-refractivity contribution in [2.24, 2.45) is 50.7 Å². The number of ketones is 1. The van der Waals surface area contributed by atoms with Gasteiger partial charge in [0.15, 0.2) is 0 Å². The van der Waals surface area contributed by atoms with Gasteiger partial charge in [-0.25, -0.2) is 0 Å². The lowest BCUT2D eigenvalue weighted by Gasteiger charge is -2.63. The molecule has 45 heavy (non-hydrogen) atoms. The van der Waals surface area contributed by atoms with Crippen LogP contribution in [0.5, 0.6) is 0 Å². The first-order valence-electron chi connectivity index (χ1n) is 18.4. The largest absolute Gasteiger partial charge is 0.393 e. The molecule has 5 rings (SSSR count). The van der Waals surface area contributed by atoms with E-state index in [-0.39, 0.29) is 63.0 Å². The summed E-state index contributed by atoms with van der Waals surface area (Å²) in [6.45, 7) is 29.5. The normalized spacial score (nSPS) is 45.2. The average molecular weight is 660 g/mol. The molecule has 6 nitrogen and oxygen atoms in total. The molecule has 0 saturated heterocycles. The van der Waals surface area contributed by atoms with Gasteiger partial charge >= 0.3 is 0 Å². The van der Waals surface area contributed by atoms with Crippen LogP contribution in [0.15, 0.2) is 0 Å². The summed E-state index contributed by atoms with van der Waals surface area (Å²) < 4.78 is 0. The van der Waals surface area contributed by atoms with Crippen LogP contribution < -0.4 is 10.6 Å². The van der Waals surface area contributed by atoms with Gasteiger partial charge in [0, 0.05) is 47.7 Å². The molecular formula is C37H69N3O3Si2. The smallest absolute Gasteiger partial charge is 0.222 e. The second-order valence-electron chi connectivity index (χ2n) is 20.2. The molecule has 0 radical (unpaired) electrons. The maximum atomic E-state index is 14.9. The lowest BCUT2D eigenvalue weighted by Crippen LogP contribution is -2.68. The van der Waals surface area contributed by atoms with Gasteiger partial charge in [-0.2, -0.15) is 0 Å². The highest BCUT2D eigenvalue weighted by Crippen LogP contribution is 2.88. The van der Waals surface area contributed by atoms with Gasteiger partial charge in [0.05, 0.1) is 22.3 Å². The molecule has 3 N–H and O–H groups in total. The molecule has 0 aromatic heterocycles. The molecule has 258 valence electrons. The predicted molar refractivity (Wildman–Crippen MR) is 191 cm³/mol. The molecule has 1 unspecified atom stereocenters. The summed E-state index contributed by atoms with van der Waals surface area (Å²) in [7, 11) is 1.26. The highest BCUT2D eigenvalue weighted by atomic mass is 28.4. The standard InChI is InChI=1S/C37H69N3O3Si2/c1-23(2)31(43)39-28-17-18-36-21-37(36)27(16-15-26(36)33(28,4)22-38-32(44(9,10)11)45(12,13)14)34(5)19-25(41)30(24(3)40(7)8)35(34,6)20-29(37)42/h23-28,30,32,38,41H,15-22H2,1-14H3,(H,39,43)/t24-,25+,26-,27-,28-,30-,33-,34-,35+,36?,37-/m0/s1. The number of aliphatic hydroxyl groups is 1. The third kappa shape index (κ3) is 4.98. The monoisotopic (exact) mass is 659 g/mol. The summed E-state index contributed by atoms with van der Waals surface area (Å²) in [6, 6.07) is 0.338. The fourth-order valence-corrected chi connectivity index (χ4v) is 25.1. The van der Waals surface area contributed by atoms with Crippen LogP contribution in [0.2, 0.25) is 39.3 Å². The summed E-state index contributed by atoms with van der Waals surface area (Å²) in [6.07, 6.45) is 6.24. The molecule has 0 bridgehead atoms. The van der Waals surface area contributed by atoms with Crippen molar-refractivity contribution in [1.82, 2.24) is 15.5 Å². The quantitative estimate of drug-likeness (QED) is 0.251. The molecule has 0 aromatic rings. The van der Waals surface area contributed by atoms with Gasteiger partial charge in [-0.1, -0.05) is 73.9 Å². The molecule has 11 atom stereocenters. The van der Waals surface area contributed by atoms with Crippen molar-refractivity contribution in [1.29, 1.82) is 0 Å². The third-order valence-corrected chi connectivity index (χ3v) is 24.4. The van der Waals surface area contributed by atoms with Gasteiger partial charge in [0.2, 0.25) is 5.91 Å². The van der Waals surface area contributed by atoms with Crippen LogP contribution in [0.25, 0.3) is 0 Å². The van der Waals surface area contributed by atoms with E-state index >= 15 is 0 Å². The van der Waals surface area contributed by atoms with Crippen LogP contribution in [0.1, 0.15) is 86.5 Å². The number of hydrogen-bond acceptors (Lipinski definition) is 5. The van der Waals surface area contributed by atoms with Gasteiger partial charge in [-0.15, -0.1) is 0 Å². The molecule has 5 aliphatic carbocycles. The minimum atomic E-state index is -1.49. The summed E-state index contributed by atoms with van der Waals surface area (Å²) in [4.78, 5) is 30.4. The number of nitrogens with zero attached hydrogens (tertiary/aromatic N) is 1. The molecule has 8 heteroatoms. The van der Waals surface area contributed by atoms with Crippen molar-refractivity contribution >= 4 is 27.8 Å². The first kappa shape index (κ1) is 35.8. The van der Waals surface area contributed by atoms with Crippen molar-refractivity contribution < 1.29 is 14.7 Å². The van der Waals surface area contributed by atoms with E-state index in [1.165, 1.54) is 0 Å². The van der Waals surface area contributed by atoms with E-state index in [9.17, 15) is 14.7 Å². The van der Waals surface area contributed by atoms with Crippen LogP contribution in [0, 0.1) is 50.7 Å². The Kier molecular flexibility index (Phi) is 8.72. The number of rotatable bonds is 9. The number of Topliss-reactive ketones (excluding diaryl/α,β-unsaturated/α-hetero) is 1. The van der Waals surface area contributed by atoms with Crippen molar-refractivity contribution in [2.75, 3.05) is 20.6 Å². The number of carbonyl (C=O) groups is 2. The third-order valence-electron chi connectivity index (χ3n) is 15.3. The Hall–Kier alpha value is -0.546. The summed E-state index contributed by atoms with van der Waals surface area (Å²) >= 11 is 0. The lowest BCUT2D eigenvalue weighted by atomic mass is 9.41. The number of aliphatic hydroxyl groups excluding tert-OH is 1. The zero-order chi connectivity index (χ0) is 33.9. The molecular weight excluding hydrogens is 591 g/mol. The second-order valence-corrected chi connectivity index (χ2v) is 31.4. The van der Waals surface area contributed by atoms with E-state index < -0.39 is 16.1 Å². The Morgan fingerprint density at radius 1 is 0.956 bits per heavy atom. The van der Waals surface area contributed by atoms with Crippen molar-refractivity contribution in [2.45, 2.75) is 149 Å². The van der Waals surface area contributed by atoms with E-state index in [1.54, 1.807) is 0 Å². The van der Waals surface area contributed by atoms with Crippen LogP contribution >= 0.6 is 0 Å². The minimum absolute atomic E-state index is 0.0247. The maximum absolute atomic E-state index is 14.9. The van der Waals surface area contributed by atoms with E-state index in [2.05, 4.69) is 96.6 Å². The molecule has 0 heterocycles.